The quantitative estimate of drug-likeness (QED) is 0.794. The van der Waals surface area contributed by atoms with E-state index in [1.807, 2.05) is 0 Å². The summed E-state index contributed by atoms with van der Waals surface area (Å²) in [6, 6.07) is 9.21. The van der Waals surface area contributed by atoms with Gasteiger partial charge in [-0.3, -0.25) is 0 Å². The molecule has 1 fully saturated rings. The van der Waals surface area contributed by atoms with Gasteiger partial charge in [-0.2, -0.15) is 0 Å². The van der Waals surface area contributed by atoms with Crippen LogP contribution >= 0.6 is 0 Å². The summed E-state index contributed by atoms with van der Waals surface area (Å²) in [5.74, 6) is 1.67. The lowest BCUT2D eigenvalue weighted by Gasteiger charge is -2.21. The molecule has 0 aromatic heterocycles. The van der Waals surface area contributed by atoms with Crippen molar-refractivity contribution in [3.05, 3.63) is 29.8 Å². The lowest BCUT2D eigenvalue weighted by Crippen LogP contribution is -2.21. The van der Waals surface area contributed by atoms with Crippen molar-refractivity contribution < 1.29 is 0 Å². The van der Waals surface area contributed by atoms with Gasteiger partial charge < -0.3 is 10.2 Å². The predicted molar refractivity (Wildman–Crippen MR) is 79.4 cm³/mol. The van der Waals surface area contributed by atoms with Crippen LogP contribution in [0.4, 0.5) is 5.69 Å². The van der Waals surface area contributed by atoms with Gasteiger partial charge in [-0.25, -0.2) is 0 Å². The monoisotopic (exact) mass is 246 g/mol. The van der Waals surface area contributed by atoms with Crippen molar-refractivity contribution in [2.75, 3.05) is 31.1 Å². The first-order chi connectivity index (χ1) is 8.80. The molecule has 0 radical (unpaired) electrons. The van der Waals surface area contributed by atoms with Crippen LogP contribution in [0.3, 0.4) is 0 Å². The smallest absolute Gasteiger partial charge is 0.0366 e. The molecule has 1 N–H and O–H groups in total. The standard InChI is InChI=1S/C16H26N2/c1-4-17-12-14-11-16(14)13-7-9-15(10-8-13)18(5-2)6-3/h7-10,14,16-17H,4-6,11-12H2,1-3H3. The van der Waals surface area contributed by atoms with Crippen molar-refractivity contribution in [2.45, 2.75) is 33.1 Å². The fraction of sp³-hybridized carbons (Fsp3) is 0.625. The zero-order valence-corrected chi connectivity index (χ0v) is 11.9. The maximum atomic E-state index is 3.45. The van der Waals surface area contributed by atoms with Crippen molar-refractivity contribution >= 4 is 5.69 Å². The Morgan fingerprint density at radius 1 is 1.11 bits per heavy atom. The minimum Gasteiger partial charge on any atom is -0.372 e. The summed E-state index contributed by atoms with van der Waals surface area (Å²) in [6.45, 7) is 11.0. The average molecular weight is 246 g/mol. The second-order valence-corrected chi connectivity index (χ2v) is 5.17. The Bertz CT molecular complexity index is 354. The van der Waals surface area contributed by atoms with Crippen LogP contribution in [0.2, 0.25) is 0 Å². The van der Waals surface area contributed by atoms with E-state index in [9.17, 15) is 0 Å². The van der Waals surface area contributed by atoms with Crippen molar-refractivity contribution in [3.8, 4) is 0 Å². The van der Waals surface area contributed by atoms with Crippen molar-refractivity contribution in [3.63, 3.8) is 0 Å². The highest BCUT2D eigenvalue weighted by molar-refractivity contribution is 5.48. The van der Waals surface area contributed by atoms with Gasteiger partial charge in [0, 0.05) is 18.8 Å². The number of nitrogens with one attached hydrogen (secondary N) is 1. The Morgan fingerprint density at radius 2 is 1.78 bits per heavy atom. The molecule has 100 valence electrons. The molecule has 1 saturated carbocycles. The maximum absolute atomic E-state index is 3.45. The average Bonchev–Trinajstić information content (AvgIpc) is 3.18. The first-order valence-corrected chi connectivity index (χ1v) is 7.35. The molecule has 2 atom stereocenters. The zero-order valence-electron chi connectivity index (χ0n) is 11.9. The molecule has 2 unspecified atom stereocenters. The lowest BCUT2D eigenvalue weighted by atomic mass is 10.1. The van der Waals surface area contributed by atoms with E-state index >= 15 is 0 Å². The molecule has 1 aromatic carbocycles. The molecule has 0 bridgehead atoms. The Kier molecular flexibility index (Phi) is 4.65. The Balaban J connectivity index is 1.93. The van der Waals surface area contributed by atoms with Crippen molar-refractivity contribution in [1.82, 2.24) is 5.32 Å². The summed E-state index contributed by atoms with van der Waals surface area (Å²) in [7, 11) is 0. The molecule has 18 heavy (non-hydrogen) atoms. The largest absolute Gasteiger partial charge is 0.372 e. The summed E-state index contributed by atoms with van der Waals surface area (Å²) < 4.78 is 0. The zero-order chi connectivity index (χ0) is 13.0. The second-order valence-electron chi connectivity index (χ2n) is 5.17. The van der Waals surface area contributed by atoms with E-state index in [-0.39, 0.29) is 0 Å². The molecular formula is C16H26N2. The highest BCUT2D eigenvalue weighted by Crippen LogP contribution is 2.47. The molecular weight excluding hydrogens is 220 g/mol. The van der Waals surface area contributed by atoms with Gasteiger partial charge >= 0.3 is 0 Å². The van der Waals surface area contributed by atoms with Crippen LogP contribution in [0, 0.1) is 5.92 Å². The fourth-order valence-electron chi connectivity index (χ4n) is 2.73. The second kappa shape index (κ2) is 6.24. The first kappa shape index (κ1) is 13.4. The molecule has 0 aliphatic heterocycles. The number of hydrogen-bond acceptors (Lipinski definition) is 2. The number of anilines is 1. The SMILES string of the molecule is CCNCC1CC1c1ccc(N(CC)CC)cc1. The minimum absolute atomic E-state index is 0.801. The topological polar surface area (TPSA) is 15.3 Å². The van der Waals surface area contributed by atoms with Crippen LogP contribution < -0.4 is 10.2 Å². The molecule has 1 aliphatic rings. The van der Waals surface area contributed by atoms with Gasteiger partial charge in [-0.1, -0.05) is 19.1 Å². The van der Waals surface area contributed by atoms with Gasteiger partial charge in [0.15, 0.2) is 0 Å². The van der Waals surface area contributed by atoms with Gasteiger partial charge in [0.25, 0.3) is 0 Å². The van der Waals surface area contributed by atoms with Gasteiger partial charge in [-0.15, -0.1) is 0 Å². The molecule has 2 heteroatoms. The van der Waals surface area contributed by atoms with Gasteiger partial charge in [0.2, 0.25) is 0 Å². The molecule has 0 spiro atoms. The summed E-state index contributed by atoms with van der Waals surface area (Å²) in [4.78, 5) is 2.40. The van der Waals surface area contributed by atoms with Gasteiger partial charge in [0.05, 0.1) is 0 Å². The minimum atomic E-state index is 0.801. The number of benzene rings is 1. The Labute approximate surface area is 111 Å². The van der Waals surface area contributed by atoms with E-state index in [0.717, 1.165) is 31.5 Å². The summed E-state index contributed by atoms with van der Waals surface area (Å²) >= 11 is 0. The molecule has 1 aliphatic carbocycles. The summed E-state index contributed by atoms with van der Waals surface area (Å²) in [5, 5.41) is 3.45. The third-order valence-corrected chi connectivity index (χ3v) is 4.03. The van der Waals surface area contributed by atoms with Gasteiger partial charge in [-0.05, 0) is 62.9 Å². The highest BCUT2D eigenvalue weighted by atomic mass is 15.1. The first-order valence-electron chi connectivity index (χ1n) is 7.35. The number of nitrogens with zero attached hydrogens (tertiary/aromatic N) is 1. The van der Waals surface area contributed by atoms with Gasteiger partial charge in [0.1, 0.15) is 0 Å². The van der Waals surface area contributed by atoms with E-state index in [0.29, 0.717) is 0 Å². The predicted octanol–water partition coefficient (Wildman–Crippen LogP) is 3.25. The van der Waals surface area contributed by atoms with Crippen LogP contribution in [0.25, 0.3) is 0 Å². The van der Waals surface area contributed by atoms with Crippen LogP contribution in [-0.2, 0) is 0 Å². The number of rotatable bonds is 7. The third-order valence-electron chi connectivity index (χ3n) is 4.03. The normalized spacial score (nSPS) is 21.9. The Hall–Kier alpha value is -1.02. The molecule has 2 rings (SSSR count). The molecule has 1 aromatic rings. The van der Waals surface area contributed by atoms with E-state index in [4.69, 9.17) is 0 Å². The van der Waals surface area contributed by atoms with E-state index in [1.54, 1.807) is 0 Å². The van der Waals surface area contributed by atoms with E-state index < -0.39 is 0 Å². The molecule has 0 saturated heterocycles. The fourth-order valence-corrected chi connectivity index (χ4v) is 2.73. The highest BCUT2D eigenvalue weighted by Gasteiger charge is 2.37. The lowest BCUT2D eigenvalue weighted by molar-refractivity contribution is 0.649. The van der Waals surface area contributed by atoms with E-state index in [2.05, 4.69) is 55.3 Å². The van der Waals surface area contributed by atoms with Crippen LogP contribution in [-0.4, -0.2) is 26.2 Å². The summed E-state index contributed by atoms with van der Waals surface area (Å²) in [5.41, 5.74) is 2.88. The molecule has 2 nitrogen and oxygen atoms in total. The molecule has 0 heterocycles. The van der Waals surface area contributed by atoms with Crippen LogP contribution in [0.15, 0.2) is 24.3 Å². The van der Waals surface area contributed by atoms with Crippen molar-refractivity contribution in [1.29, 1.82) is 0 Å². The molecule has 0 amide bonds. The van der Waals surface area contributed by atoms with E-state index in [1.165, 1.54) is 24.2 Å². The number of hydrogen-bond donors (Lipinski definition) is 1. The Morgan fingerprint density at radius 3 is 2.33 bits per heavy atom. The third kappa shape index (κ3) is 3.05. The van der Waals surface area contributed by atoms with Crippen molar-refractivity contribution in [2.24, 2.45) is 5.92 Å². The van der Waals surface area contributed by atoms with Crippen LogP contribution in [0.1, 0.15) is 38.7 Å². The summed E-state index contributed by atoms with van der Waals surface area (Å²) in [6.07, 6.45) is 1.36. The maximum Gasteiger partial charge on any atom is 0.0366 e. The van der Waals surface area contributed by atoms with Crippen LogP contribution in [0.5, 0.6) is 0 Å².